The number of ether oxygens (including phenoxy) is 2. The van der Waals surface area contributed by atoms with E-state index in [0.717, 1.165) is 5.56 Å². The average molecular weight is 602 g/mol. The molecule has 0 spiro atoms. The highest BCUT2D eigenvalue weighted by molar-refractivity contribution is 9.10. The summed E-state index contributed by atoms with van der Waals surface area (Å²) in [5.74, 6) is 3.27. The molecule has 1 fully saturated rings. The highest BCUT2D eigenvalue weighted by atomic mass is 79.9. The first-order valence-electron chi connectivity index (χ1n) is 10.8. The average Bonchev–Trinajstić information content (AvgIpc) is 3.15. The molecule has 0 saturated carbocycles. The molecule has 0 bridgehead atoms. The zero-order chi connectivity index (χ0) is 25.7. The van der Waals surface area contributed by atoms with Crippen molar-refractivity contribution in [2.75, 3.05) is 18.1 Å². The van der Waals surface area contributed by atoms with Crippen molar-refractivity contribution < 1.29 is 14.3 Å². The van der Waals surface area contributed by atoms with Gasteiger partial charge >= 0.3 is 0 Å². The summed E-state index contributed by atoms with van der Waals surface area (Å²) < 4.78 is 12.1. The van der Waals surface area contributed by atoms with Gasteiger partial charge in [-0.1, -0.05) is 29.1 Å². The number of terminal acetylenes is 1. The molecule has 5 nitrogen and oxygen atoms in total. The Hall–Kier alpha value is -2.89. The maximum absolute atomic E-state index is 13.6. The predicted octanol–water partition coefficient (Wildman–Crippen LogP) is 7.98. The fourth-order valence-corrected chi connectivity index (χ4v) is 5.16. The van der Waals surface area contributed by atoms with Crippen molar-refractivity contribution in [1.82, 2.24) is 0 Å². The molecule has 182 valence electrons. The topological polar surface area (TPSA) is 51.1 Å². The van der Waals surface area contributed by atoms with E-state index in [9.17, 15) is 4.79 Å². The highest BCUT2D eigenvalue weighted by Crippen LogP contribution is 2.41. The molecule has 1 amide bonds. The number of thioether (sulfide) groups is 1. The zero-order valence-corrected chi connectivity index (χ0v) is 22.9. The van der Waals surface area contributed by atoms with Crippen molar-refractivity contribution in [3.05, 3.63) is 85.7 Å². The molecule has 1 saturated heterocycles. The summed E-state index contributed by atoms with van der Waals surface area (Å²) in [5, 5.41) is 1.69. The Bertz CT molecular complexity index is 1380. The van der Waals surface area contributed by atoms with Crippen LogP contribution in [0.2, 0.25) is 10.0 Å². The first-order valence-corrected chi connectivity index (χ1v) is 13.1. The molecule has 0 radical (unpaired) electrons. The number of hydrogen-bond donors (Lipinski definition) is 0. The first-order chi connectivity index (χ1) is 17.4. The van der Waals surface area contributed by atoms with E-state index in [1.165, 1.54) is 11.8 Å². The van der Waals surface area contributed by atoms with Gasteiger partial charge in [0, 0.05) is 10.0 Å². The van der Waals surface area contributed by atoms with Crippen LogP contribution in [0.3, 0.4) is 0 Å². The molecular formula is C27H19BrCl2N2O3S. The fraction of sp³-hybridized carbons (Fsp3) is 0.111. The lowest BCUT2D eigenvalue weighted by molar-refractivity contribution is -0.113. The van der Waals surface area contributed by atoms with Gasteiger partial charge in [-0.05, 0) is 107 Å². The summed E-state index contributed by atoms with van der Waals surface area (Å²) in [5.41, 5.74) is 2.08. The van der Waals surface area contributed by atoms with Crippen molar-refractivity contribution in [1.29, 1.82) is 0 Å². The van der Waals surface area contributed by atoms with Gasteiger partial charge < -0.3 is 9.47 Å². The molecule has 0 atom stereocenters. The molecule has 3 aromatic rings. The van der Waals surface area contributed by atoms with Gasteiger partial charge in [-0.2, -0.15) is 0 Å². The number of carbonyl (C=O) groups excluding carboxylic acids is 1. The minimum atomic E-state index is -0.211. The van der Waals surface area contributed by atoms with Crippen LogP contribution in [0, 0.1) is 12.3 Å². The second-order valence-electron chi connectivity index (χ2n) is 7.35. The van der Waals surface area contributed by atoms with Crippen LogP contribution in [0.4, 0.5) is 11.4 Å². The number of halogens is 3. The number of amidine groups is 1. The molecule has 0 aliphatic carbocycles. The van der Waals surface area contributed by atoms with Crippen molar-refractivity contribution in [2.24, 2.45) is 4.99 Å². The minimum absolute atomic E-state index is 0.105. The Labute approximate surface area is 232 Å². The van der Waals surface area contributed by atoms with Crippen molar-refractivity contribution in [3.8, 4) is 23.8 Å². The van der Waals surface area contributed by atoms with Crippen LogP contribution < -0.4 is 14.4 Å². The van der Waals surface area contributed by atoms with Gasteiger partial charge in [0.15, 0.2) is 16.7 Å². The van der Waals surface area contributed by atoms with Crippen LogP contribution in [0.25, 0.3) is 6.08 Å². The van der Waals surface area contributed by atoms with E-state index < -0.39 is 0 Å². The van der Waals surface area contributed by atoms with Gasteiger partial charge in [0.25, 0.3) is 5.91 Å². The molecule has 1 aliphatic rings. The lowest BCUT2D eigenvalue weighted by atomic mass is 10.1. The highest BCUT2D eigenvalue weighted by Gasteiger charge is 2.35. The second-order valence-corrected chi connectivity index (χ2v) is 10.1. The Morgan fingerprint density at radius 3 is 2.39 bits per heavy atom. The zero-order valence-electron chi connectivity index (χ0n) is 19.0. The van der Waals surface area contributed by atoms with Gasteiger partial charge in [0.05, 0.1) is 27.4 Å². The standard InChI is InChI=1S/C27H19BrCl2N2O3S/c1-3-13-35-25-22(28)14-17(15-23(25)34-4-2)16-24-26(33)32(21-11-7-19(30)8-12-21)27(36-24)31-20-9-5-18(29)6-10-20/h1,5-12,14-16H,4,13H2,2H3/b24-16-,31-27?. The van der Waals surface area contributed by atoms with Crippen LogP contribution in [0.1, 0.15) is 12.5 Å². The van der Waals surface area contributed by atoms with E-state index in [1.54, 1.807) is 59.5 Å². The molecule has 1 aliphatic heterocycles. The molecule has 0 aromatic heterocycles. The van der Waals surface area contributed by atoms with Crippen molar-refractivity contribution >= 4 is 79.4 Å². The number of aliphatic imine (C=N–C) groups is 1. The van der Waals surface area contributed by atoms with Crippen molar-refractivity contribution in [3.63, 3.8) is 0 Å². The lowest BCUT2D eigenvalue weighted by Crippen LogP contribution is -2.28. The number of anilines is 1. The Kier molecular flexibility index (Phi) is 8.65. The summed E-state index contributed by atoms with van der Waals surface area (Å²) in [7, 11) is 0. The van der Waals surface area contributed by atoms with E-state index in [1.807, 2.05) is 19.1 Å². The van der Waals surface area contributed by atoms with Crippen LogP contribution in [0.5, 0.6) is 11.5 Å². The molecule has 36 heavy (non-hydrogen) atoms. The third kappa shape index (κ3) is 6.08. The lowest BCUT2D eigenvalue weighted by Gasteiger charge is -2.15. The maximum atomic E-state index is 13.6. The number of rotatable bonds is 7. The van der Waals surface area contributed by atoms with E-state index in [0.29, 0.717) is 54.1 Å². The SMILES string of the molecule is C#CCOc1c(Br)cc(/C=C2\SC(=Nc3ccc(Cl)cc3)N(c3ccc(Cl)cc3)C2=O)cc1OCC. The monoisotopic (exact) mass is 600 g/mol. The minimum Gasteiger partial charge on any atom is -0.490 e. The summed E-state index contributed by atoms with van der Waals surface area (Å²) in [6.45, 7) is 2.42. The molecule has 9 heteroatoms. The van der Waals surface area contributed by atoms with Crippen LogP contribution in [0.15, 0.2) is 75.0 Å². The smallest absolute Gasteiger partial charge is 0.271 e. The second kappa shape index (κ2) is 11.9. The van der Waals surface area contributed by atoms with Gasteiger partial charge in [-0.25, -0.2) is 4.99 Å². The maximum Gasteiger partial charge on any atom is 0.271 e. The first kappa shape index (κ1) is 26.2. The van der Waals surface area contributed by atoms with Crippen LogP contribution in [-0.4, -0.2) is 24.3 Å². The Morgan fingerprint density at radius 2 is 1.75 bits per heavy atom. The fourth-order valence-electron chi connectivity index (χ4n) is 3.33. The van der Waals surface area contributed by atoms with E-state index in [2.05, 4.69) is 21.9 Å². The summed E-state index contributed by atoms with van der Waals surface area (Å²) in [6, 6.07) is 17.8. The molecule has 1 heterocycles. The molecule has 0 unspecified atom stereocenters. The number of amides is 1. The largest absolute Gasteiger partial charge is 0.490 e. The predicted molar refractivity (Wildman–Crippen MR) is 153 cm³/mol. The van der Waals surface area contributed by atoms with Gasteiger partial charge in [-0.15, -0.1) is 6.42 Å². The molecule has 3 aromatic carbocycles. The molecule has 0 N–H and O–H groups in total. The van der Waals surface area contributed by atoms with Gasteiger partial charge in [-0.3, -0.25) is 9.69 Å². The van der Waals surface area contributed by atoms with E-state index in [-0.39, 0.29) is 12.5 Å². The third-order valence-electron chi connectivity index (χ3n) is 4.87. The van der Waals surface area contributed by atoms with E-state index >= 15 is 0 Å². The normalized spacial score (nSPS) is 15.4. The quantitative estimate of drug-likeness (QED) is 0.203. The Morgan fingerprint density at radius 1 is 1.08 bits per heavy atom. The number of carbonyl (C=O) groups is 1. The number of benzene rings is 3. The molecule has 4 rings (SSSR count). The third-order valence-corrected chi connectivity index (χ3v) is 6.93. The van der Waals surface area contributed by atoms with Crippen molar-refractivity contribution in [2.45, 2.75) is 6.92 Å². The summed E-state index contributed by atoms with van der Waals surface area (Å²) in [4.78, 5) is 20.3. The van der Waals surface area contributed by atoms with E-state index in [4.69, 9.17) is 44.1 Å². The Balaban J connectivity index is 1.75. The van der Waals surface area contributed by atoms with Gasteiger partial charge in [0.1, 0.15) is 6.61 Å². The number of nitrogens with zero attached hydrogens (tertiary/aromatic N) is 2. The summed E-state index contributed by atoms with van der Waals surface area (Å²) in [6.07, 6.45) is 7.13. The van der Waals surface area contributed by atoms with Gasteiger partial charge in [0.2, 0.25) is 0 Å². The summed E-state index contributed by atoms with van der Waals surface area (Å²) >= 11 is 16.9. The number of hydrogen-bond acceptors (Lipinski definition) is 5. The molecular weight excluding hydrogens is 583 g/mol. The van der Waals surface area contributed by atoms with Crippen LogP contribution >= 0.6 is 50.9 Å². The van der Waals surface area contributed by atoms with Crippen LogP contribution in [-0.2, 0) is 4.79 Å².